The van der Waals surface area contributed by atoms with Gasteiger partial charge in [0.15, 0.2) is 0 Å². The fourth-order valence-electron chi connectivity index (χ4n) is 4.04. The molecule has 1 aromatic carbocycles. The van der Waals surface area contributed by atoms with E-state index >= 15 is 0 Å². The molecule has 1 aromatic rings. The maximum Gasteiger partial charge on any atom is 0.126 e. The lowest BCUT2D eigenvalue weighted by Gasteiger charge is -2.39. The first-order chi connectivity index (χ1) is 8.74. The summed E-state index contributed by atoms with van der Waals surface area (Å²) in [7, 11) is 0. The molecule has 3 rings (SSSR count). The molecule has 2 saturated carbocycles. The van der Waals surface area contributed by atoms with E-state index in [0.717, 1.165) is 17.4 Å². The second-order valence-corrected chi connectivity index (χ2v) is 6.32. The Hall–Kier alpha value is -0.850. The molecule has 0 bridgehead atoms. The lowest BCUT2D eigenvalue weighted by atomic mass is 9.66. The summed E-state index contributed by atoms with van der Waals surface area (Å²) in [6, 6.07) is 5.87. The Morgan fingerprint density at radius 3 is 2.56 bits per heavy atom. The third-order valence-electron chi connectivity index (χ3n) is 5.21. The molecule has 98 valence electrons. The molecule has 3 atom stereocenters. The summed E-state index contributed by atoms with van der Waals surface area (Å²) in [5.74, 6) is 2.48. The Morgan fingerprint density at radius 1 is 1.00 bits per heavy atom. The molecule has 2 aliphatic carbocycles. The smallest absolute Gasteiger partial charge is 0.126 e. The van der Waals surface area contributed by atoms with Crippen molar-refractivity contribution in [3.8, 4) is 0 Å². The van der Waals surface area contributed by atoms with Crippen molar-refractivity contribution in [2.75, 3.05) is 0 Å². The zero-order chi connectivity index (χ0) is 12.5. The van der Waals surface area contributed by atoms with E-state index in [-0.39, 0.29) is 5.82 Å². The van der Waals surface area contributed by atoms with Crippen LogP contribution in [-0.2, 0) is 0 Å². The van der Waals surface area contributed by atoms with E-state index in [1.807, 2.05) is 13.0 Å². The van der Waals surface area contributed by atoms with Gasteiger partial charge in [-0.05, 0) is 61.1 Å². The van der Waals surface area contributed by atoms with Crippen LogP contribution in [0.3, 0.4) is 0 Å². The lowest BCUT2D eigenvalue weighted by Crippen LogP contribution is -2.26. The van der Waals surface area contributed by atoms with Gasteiger partial charge in [0.2, 0.25) is 0 Å². The Labute approximate surface area is 110 Å². The largest absolute Gasteiger partial charge is 0.207 e. The monoisotopic (exact) mass is 246 g/mol. The Morgan fingerprint density at radius 2 is 1.78 bits per heavy atom. The van der Waals surface area contributed by atoms with Gasteiger partial charge in [-0.15, -0.1) is 0 Å². The van der Waals surface area contributed by atoms with Crippen LogP contribution in [0.5, 0.6) is 0 Å². The van der Waals surface area contributed by atoms with E-state index in [4.69, 9.17) is 0 Å². The van der Waals surface area contributed by atoms with E-state index in [2.05, 4.69) is 6.07 Å². The van der Waals surface area contributed by atoms with Crippen molar-refractivity contribution >= 4 is 0 Å². The summed E-state index contributed by atoms with van der Waals surface area (Å²) >= 11 is 0. The summed E-state index contributed by atoms with van der Waals surface area (Å²) in [6.45, 7) is 1.84. The minimum Gasteiger partial charge on any atom is -0.207 e. The molecular weight excluding hydrogens is 223 g/mol. The maximum absolute atomic E-state index is 13.7. The van der Waals surface area contributed by atoms with Crippen LogP contribution in [-0.4, -0.2) is 0 Å². The van der Waals surface area contributed by atoms with E-state index < -0.39 is 0 Å². The second-order valence-electron chi connectivity index (χ2n) is 6.32. The molecule has 2 fully saturated rings. The second kappa shape index (κ2) is 5.03. The molecule has 1 heteroatoms. The van der Waals surface area contributed by atoms with Gasteiger partial charge in [-0.2, -0.15) is 0 Å². The zero-order valence-corrected chi connectivity index (χ0v) is 11.3. The number of fused-ring (bicyclic) bond motifs is 1. The predicted molar refractivity (Wildman–Crippen MR) is 73.2 cm³/mol. The predicted octanol–water partition coefficient (Wildman–Crippen LogP) is 5.21. The summed E-state index contributed by atoms with van der Waals surface area (Å²) in [6.07, 6.45) is 9.64. The normalized spacial score (nSPS) is 32.0. The Balaban J connectivity index is 1.75. The first-order valence-electron chi connectivity index (χ1n) is 7.50. The fraction of sp³-hybridized carbons (Fsp3) is 0.647. The van der Waals surface area contributed by atoms with Gasteiger partial charge in [0, 0.05) is 0 Å². The Kier molecular flexibility index (Phi) is 3.41. The molecule has 0 aromatic heterocycles. The number of hydrogen-bond donors (Lipinski definition) is 0. The number of hydrogen-bond acceptors (Lipinski definition) is 0. The number of halogens is 1. The van der Waals surface area contributed by atoms with E-state index in [1.54, 1.807) is 6.07 Å². The highest BCUT2D eigenvalue weighted by Gasteiger charge is 2.32. The standard InChI is InChI=1S/C17H23F/c1-12-6-7-16(11-17(12)18)15-9-8-13-4-2-3-5-14(13)10-15/h6-7,11,13-15H,2-5,8-10H2,1H3. The average Bonchev–Trinajstić information content (AvgIpc) is 2.41. The van der Waals surface area contributed by atoms with E-state index in [1.165, 1.54) is 50.5 Å². The van der Waals surface area contributed by atoms with Crippen molar-refractivity contribution in [2.24, 2.45) is 11.8 Å². The van der Waals surface area contributed by atoms with Gasteiger partial charge in [0.25, 0.3) is 0 Å². The fourth-order valence-corrected chi connectivity index (χ4v) is 4.04. The maximum atomic E-state index is 13.7. The van der Waals surface area contributed by atoms with Crippen LogP contribution in [0, 0.1) is 24.6 Å². The summed E-state index contributed by atoms with van der Waals surface area (Å²) in [5, 5.41) is 0. The van der Waals surface area contributed by atoms with Crippen molar-refractivity contribution < 1.29 is 4.39 Å². The molecule has 0 radical (unpaired) electrons. The first kappa shape index (κ1) is 12.2. The molecule has 0 aliphatic heterocycles. The first-order valence-corrected chi connectivity index (χ1v) is 7.50. The SMILES string of the molecule is Cc1ccc(C2CCC3CCCCC3C2)cc1F. The summed E-state index contributed by atoms with van der Waals surface area (Å²) in [5.41, 5.74) is 2.01. The molecule has 0 nitrogen and oxygen atoms in total. The van der Waals surface area contributed by atoms with Crippen molar-refractivity contribution in [3.63, 3.8) is 0 Å². The van der Waals surface area contributed by atoms with Gasteiger partial charge in [-0.25, -0.2) is 4.39 Å². The highest BCUT2D eigenvalue weighted by Crippen LogP contribution is 2.46. The minimum atomic E-state index is -0.0294. The number of rotatable bonds is 1. The van der Waals surface area contributed by atoms with Crippen LogP contribution in [0.1, 0.15) is 62.0 Å². The molecule has 0 saturated heterocycles. The van der Waals surface area contributed by atoms with Gasteiger partial charge in [-0.1, -0.05) is 37.8 Å². The molecule has 0 spiro atoms. The lowest BCUT2D eigenvalue weighted by molar-refractivity contribution is 0.155. The van der Waals surface area contributed by atoms with Crippen LogP contribution >= 0.6 is 0 Å². The molecule has 2 aliphatic rings. The van der Waals surface area contributed by atoms with Gasteiger partial charge < -0.3 is 0 Å². The van der Waals surface area contributed by atoms with Crippen molar-refractivity contribution in [1.82, 2.24) is 0 Å². The average molecular weight is 246 g/mol. The topological polar surface area (TPSA) is 0 Å². The Bertz CT molecular complexity index is 424. The van der Waals surface area contributed by atoms with Crippen LogP contribution in [0.2, 0.25) is 0 Å². The van der Waals surface area contributed by atoms with Gasteiger partial charge in [-0.3, -0.25) is 0 Å². The molecule has 3 unspecified atom stereocenters. The summed E-state index contributed by atoms with van der Waals surface area (Å²) in [4.78, 5) is 0. The molecule has 18 heavy (non-hydrogen) atoms. The third kappa shape index (κ3) is 2.32. The number of benzene rings is 1. The van der Waals surface area contributed by atoms with Gasteiger partial charge in [0.1, 0.15) is 5.82 Å². The van der Waals surface area contributed by atoms with Crippen molar-refractivity contribution in [3.05, 3.63) is 35.1 Å². The summed E-state index contributed by atoms with van der Waals surface area (Å²) < 4.78 is 13.7. The van der Waals surface area contributed by atoms with Crippen molar-refractivity contribution in [2.45, 2.75) is 57.8 Å². The molecule has 0 amide bonds. The van der Waals surface area contributed by atoms with Crippen LogP contribution in [0.4, 0.5) is 4.39 Å². The van der Waals surface area contributed by atoms with Gasteiger partial charge in [0.05, 0.1) is 0 Å². The highest BCUT2D eigenvalue weighted by atomic mass is 19.1. The third-order valence-corrected chi connectivity index (χ3v) is 5.21. The number of aryl methyl sites for hydroxylation is 1. The van der Waals surface area contributed by atoms with Crippen LogP contribution < -0.4 is 0 Å². The van der Waals surface area contributed by atoms with Gasteiger partial charge >= 0.3 is 0 Å². The zero-order valence-electron chi connectivity index (χ0n) is 11.3. The molecular formula is C17H23F. The van der Waals surface area contributed by atoms with Crippen molar-refractivity contribution in [1.29, 1.82) is 0 Å². The van der Waals surface area contributed by atoms with E-state index in [0.29, 0.717) is 5.92 Å². The molecule has 0 N–H and O–H groups in total. The van der Waals surface area contributed by atoms with E-state index in [9.17, 15) is 4.39 Å². The molecule has 0 heterocycles. The minimum absolute atomic E-state index is 0.0294. The quantitative estimate of drug-likeness (QED) is 0.638. The van der Waals surface area contributed by atoms with Crippen LogP contribution in [0.15, 0.2) is 18.2 Å². The van der Waals surface area contributed by atoms with Crippen LogP contribution in [0.25, 0.3) is 0 Å². The highest BCUT2D eigenvalue weighted by molar-refractivity contribution is 5.26.